The van der Waals surface area contributed by atoms with Crippen LogP contribution in [0.5, 0.6) is 5.75 Å². The molecule has 0 aliphatic heterocycles. The molecule has 1 heterocycles. The quantitative estimate of drug-likeness (QED) is 0.299. The van der Waals surface area contributed by atoms with Crippen molar-refractivity contribution in [2.24, 2.45) is 0 Å². The Morgan fingerprint density at radius 2 is 1.73 bits per heavy atom. The van der Waals surface area contributed by atoms with E-state index in [1.54, 1.807) is 18.4 Å². The molecule has 40 heavy (non-hydrogen) atoms. The molecule has 212 valence electrons. The molecular formula is C33H39ClN2O3S. The largest absolute Gasteiger partial charge is 0.496 e. The van der Waals surface area contributed by atoms with Crippen molar-refractivity contribution >= 4 is 34.9 Å². The molecule has 3 aromatic rings. The van der Waals surface area contributed by atoms with E-state index in [1.807, 2.05) is 36.4 Å². The minimum Gasteiger partial charge on any atom is -0.496 e. The van der Waals surface area contributed by atoms with Crippen LogP contribution in [0.25, 0.3) is 17.2 Å². The van der Waals surface area contributed by atoms with Crippen molar-refractivity contribution in [3.63, 3.8) is 0 Å². The summed E-state index contributed by atoms with van der Waals surface area (Å²) in [7, 11) is 5.96. The van der Waals surface area contributed by atoms with Gasteiger partial charge in [0.05, 0.1) is 18.7 Å². The number of nitrogens with zero attached hydrogens (tertiary/aromatic N) is 2. The van der Waals surface area contributed by atoms with E-state index in [0.29, 0.717) is 28.4 Å². The number of hydrogen-bond acceptors (Lipinski definition) is 5. The molecule has 5 nitrogen and oxygen atoms in total. The molecule has 0 radical (unpaired) electrons. The number of halogens is 1. The average Bonchev–Trinajstić information content (AvgIpc) is 3.33. The monoisotopic (exact) mass is 578 g/mol. The third kappa shape index (κ3) is 5.87. The van der Waals surface area contributed by atoms with E-state index < -0.39 is 0 Å². The van der Waals surface area contributed by atoms with E-state index in [2.05, 4.69) is 49.0 Å². The molecule has 1 N–H and O–H groups in total. The number of benzene rings is 2. The Kier molecular flexibility index (Phi) is 9.01. The van der Waals surface area contributed by atoms with Gasteiger partial charge in [0.25, 0.3) is 5.91 Å². The number of aliphatic hydroxyl groups is 1. The highest BCUT2D eigenvalue weighted by Gasteiger charge is 2.34. The fourth-order valence-corrected chi connectivity index (χ4v) is 7.67. The van der Waals surface area contributed by atoms with E-state index >= 15 is 0 Å². The van der Waals surface area contributed by atoms with E-state index in [-0.39, 0.29) is 18.6 Å². The number of ether oxygens (including phenoxy) is 1. The molecule has 0 saturated heterocycles. The minimum atomic E-state index is 0.0121. The molecule has 1 fully saturated rings. The summed E-state index contributed by atoms with van der Waals surface area (Å²) >= 11 is 8.47. The summed E-state index contributed by atoms with van der Waals surface area (Å²) in [6, 6.07) is 14.7. The lowest BCUT2D eigenvalue weighted by molar-refractivity contribution is 0.0573. The van der Waals surface area contributed by atoms with Crippen LogP contribution in [0.15, 0.2) is 48.5 Å². The van der Waals surface area contributed by atoms with E-state index in [0.717, 1.165) is 65.7 Å². The summed E-state index contributed by atoms with van der Waals surface area (Å²) in [5.41, 5.74) is 4.96. The first-order chi connectivity index (χ1) is 19.3. The van der Waals surface area contributed by atoms with Gasteiger partial charge in [-0.3, -0.25) is 4.79 Å². The van der Waals surface area contributed by atoms with Gasteiger partial charge >= 0.3 is 0 Å². The lowest BCUT2D eigenvalue weighted by Gasteiger charge is -2.39. The molecule has 2 aromatic carbocycles. The standard InChI is InChI=1S/C33H39ClN2O3S/c1-21-6-5-7-28-30(34)32(40-31(21)28)33(38)36(27-15-13-26(14-16-27)35(2)3)19-25-18-24(12-17-29(25)39-4)23-10-8-22(20-37)9-11-23/h5,7-12,17-18,21,26-27,37H,6,13-16,19-20H2,1-4H3. The lowest BCUT2D eigenvalue weighted by atomic mass is 9.89. The van der Waals surface area contributed by atoms with E-state index in [4.69, 9.17) is 16.3 Å². The van der Waals surface area contributed by atoms with Crippen LogP contribution in [0.3, 0.4) is 0 Å². The van der Waals surface area contributed by atoms with Gasteiger partial charge in [-0.25, -0.2) is 0 Å². The third-order valence-electron chi connectivity index (χ3n) is 8.52. The summed E-state index contributed by atoms with van der Waals surface area (Å²) in [6.45, 7) is 2.67. The lowest BCUT2D eigenvalue weighted by Crippen LogP contribution is -2.44. The van der Waals surface area contributed by atoms with Crippen molar-refractivity contribution in [3.8, 4) is 16.9 Å². The van der Waals surface area contributed by atoms with Gasteiger partial charge in [-0.2, -0.15) is 0 Å². The SMILES string of the molecule is COc1ccc(-c2ccc(CO)cc2)cc1CN(C(=O)c1sc2c(c1Cl)C=CCC2C)C1CCC(N(C)C)CC1. The summed E-state index contributed by atoms with van der Waals surface area (Å²) in [4.78, 5) is 20.6. The maximum atomic E-state index is 14.4. The molecular weight excluding hydrogens is 540 g/mol. The zero-order chi connectivity index (χ0) is 28.4. The second kappa shape index (κ2) is 12.5. The second-order valence-electron chi connectivity index (χ2n) is 11.3. The number of carbonyl (C=O) groups is 1. The topological polar surface area (TPSA) is 53.0 Å². The van der Waals surface area contributed by atoms with Crippen molar-refractivity contribution in [2.45, 2.75) is 70.2 Å². The van der Waals surface area contributed by atoms with Gasteiger partial charge in [0.15, 0.2) is 0 Å². The van der Waals surface area contributed by atoms with Gasteiger partial charge in [0.2, 0.25) is 0 Å². The Bertz CT molecular complexity index is 1370. The smallest absolute Gasteiger partial charge is 0.266 e. The predicted molar refractivity (Wildman–Crippen MR) is 165 cm³/mol. The Hall–Kier alpha value is -2.64. The van der Waals surface area contributed by atoms with E-state index in [9.17, 15) is 9.90 Å². The Balaban J connectivity index is 1.51. The van der Waals surface area contributed by atoms with Gasteiger partial charge in [-0.05, 0) is 80.9 Å². The molecule has 1 amide bonds. The van der Waals surface area contributed by atoms with Gasteiger partial charge < -0.3 is 19.6 Å². The zero-order valence-corrected chi connectivity index (χ0v) is 25.4. The third-order valence-corrected chi connectivity index (χ3v) is 10.4. The molecule has 1 atom stereocenters. The van der Waals surface area contributed by atoms with Crippen LogP contribution in [0.4, 0.5) is 0 Å². The predicted octanol–water partition coefficient (Wildman–Crippen LogP) is 7.61. The Labute approximate surface area is 247 Å². The Morgan fingerprint density at radius 3 is 2.35 bits per heavy atom. The number of amides is 1. The van der Waals surface area contributed by atoms with Crippen LogP contribution in [0, 0.1) is 0 Å². The molecule has 1 unspecified atom stereocenters. The molecule has 2 aliphatic carbocycles. The number of thiophene rings is 1. The summed E-state index contributed by atoms with van der Waals surface area (Å²) in [5, 5.41) is 10.0. The Morgan fingerprint density at radius 1 is 1.05 bits per heavy atom. The maximum absolute atomic E-state index is 14.4. The van der Waals surface area contributed by atoms with Crippen molar-refractivity contribution in [2.75, 3.05) is 21.2 Å². The zero-order valence-electron chi connectivity index (χ0n) is 23.8. The summed E-state index contributed by atoms with van der Waals surface area (Å²) < 4.78 is 5.79. The van der Waals surface area contributed by atoms with Gasteiger partial charge in [-0.1, -0.05) is 61.0 Å². The van der Waals surface area contributed by atoms with Crippen LogP contribution in [-0.4, -0.2) is 54.1 Å². The molecule has 0 spiro atoms. The molecule has 1 aromatic heterocycles. The second-order valence-corrected chi connectivity index (χ2v) is 12.7. The maximum Gasteiger partial charge on any atom is 0.266 e. The van der Waals surface area contributed by atoms with Crippen LogP contribution in [-0.2, 0) is 13.2 Å². The van der Waals surface area contributed by atoms with E-state index in [1.165, 1.54) is 4.88 Å². The molecule has 1 saturated carbocycles. The van der Waals surface area contributed by atoms with Crippen LogP contribution in [0.1, 0.15) is 76.2 Å². The minimum absolute atomic E-state index is 0.0121. The average molecular weight is 579 g/mol. The fourth-order valence-electron chi connectivity index (χ4n) is 6.05. The van der Waals surface area contributed by atoms with Crippen molar-refractivity contribution < 1.29 is 14.6 Å². The molecule has 7 heteroatoms. The number of methoxy groups -OCH3 is 1. The van der Waals surface area contributed by atoms with Crippen molar-refractivity contribution in [1.82, 2.24) is 9.80 Å². The van der Waals surface area contributed by atoms with Gasteiger partial charge in [-0.15, -0.1) is 11.3 Å². The fraction of sp³-hybridized carbons (Fsp3) is 0.424. The van der Waals surface area contributed by atoms with Gasteiger partial charge in [0, 0.05) is 34.6 Å². The number of fused-ring (bicyclic) bond motifs is 1. The van der Waals surface area contributed by atoms with Crippen molar-refractivity contribution in [3.05, 3.63) is 80.0 Å². The number of aliphatic hydroxyl groups excluding tert-OH is 1. The molecule has 5 rings (SSSR count). The number of hydrogen-bond donors (Lipinski definition) is 1. The first-order valence-electron chi connectivity index (χ1n) is 14.1. The molecule has 0 bridgehead atoms. The first kappa shape index (κ1) is 28.9. The molecule has 2 aliphatic rings. The first-order valence-corrected chi connectivity index (χ1v) is 15.3. The van der Waals surface area contributed by atoms with Crippen LogP contribution >= 0.6 is 22.9 Å². The number of allylic oxidation sites excluding steroid dienone is 1. The summed E-state index contributed by atoms with van der Waals surface area (Å²) in [6.07, 6.45) is 9.24. The highest BCUT2D eigenvalue weighted by Crippen LogP contribution is 2.43. The summed E-state index contributed by atoms with van der Waals surface area (Å²) in [5.74, 6) is 1.14. The number of rotatable bonds is 8. The van der Waals surface area contributed by atoms with Crippen LogP contribution in [0.2, 0.25) is 5.02 Å². The van der Waals surface area contributed by atoms with Crippen molar-refractivity contribution in [1.29, 1.82) is 0 Å². The van der Waals surface area contributed by atoms with Crippen LogP contribution < -0.4 is 4.74 Å². The highest BCUT2D eigenvalue weighted by molar-refractivity contribution is 7.15. The normalized spacial score (nSPS) is 20.4. The number of carbonyl (C=O) groups excluding carboxylic acids is 1. The van der Waals surface area contributed by atoms with Gasteiger partial charge in [0.1, 0.15) is 10.6 Å². The highest BCUT2D eigenvalue weighted by atomic mass is 35.5.